The van der Waals surface area contributed by atoms with Gasteiger partial charge in [-0.2, -0.15) is 0 Å². The van der Waals surface area contributed by atoms with Crippen LogP contribution in [0.3, 0.4) is 0 Å². The first-order valence-corrected chi connectivity index (χ1v) is 6.57. The van der Waals surface area contributed by atoms with Gasteiger partial charge in [0.1, 0.15) is 0 Å². The maximum absolute atomic E-state index is 11.6. The first kappa shape index (κ1) is 16.2. The number of esters is 2. The van der Waals surface area contributed by atoms with Crippen LogP contribution in [-0.2, 0) is 14.3 Å². The Kier molecular flexibility index (Phi) is 5.69. The summed E-state index contributed by atoms with van der Waals surface area (Å²) in [5.74, 6) is -1.53. The molecular formula is C13H14BrNO5. The molecule has 0 heterocycles. The molecule has 7 heteroatoms. The van der Waals surface area contributed by atoms with Crippen LogP contribution in [0.25, 0.3) is 0 Å². The molecule has 0 saturated heterocycles. The fourth-order valence-corrected chi connectivity index (χ4v) is 1.53. The molecule has 1 unspecified atom stereocenters. The van der Waals surface area contributed by atoms with Gasteiger partial charge in [-0.25, -0.2) is 9.59 Å². The Morgan fingerprint density at radius 2 is 1.50 bits per heavy atom. The van der Waals surface area contributed by atoms with Crippen LogP contribution in [0.1, 0.15) is 27.6 Å². The van der Waals surface area contributed by atoms with Crippen LogP contribution in [0.5, 0.6) is 0 Å². The number of carbonyl (C=O) groups is 3. The second-order valence-corrected chi connectivity index (χ2v) is 5.26. The largest absolute Gasteiger partial charge is 0.465 e. The third-order valence-corrected chi connectivity index (χ3v) is 2.82. The summed E-state index contributed by atoms with van der Waals surface area (Å²) in [5, 5.41) is 2.58. The van der Waals surface area contributed by atoms with E-state index < -0.39 is 16.8 Å². The molecule has 0 aromatic heterocycles. The van der Waals surface area contributed by atoms with Gasteiger partial charge < -0.3 is 14.8 Å². The molecule has 1 N–H and O–H groups in total. The molecule has 0 bridgehead atoms. The van der Waals surface area contributed by atoms with E-state index in [1.54, 1.807) is 6.92 Å². The van der Waals surface area contributed by atoms with Crippen molar-refractivity contribution in [1.29, 1.82) is 0 Å². The molecule has 20 heavy (non-hydrogen) atoms. The van der Waals surface area contributed by atoms with Crippen LogP contribution in [0.2, 0.25) is 0 Å². The highest BCUT2D eigenvalue weighted by molar-refractivity contribution is 9.10. The van der Waals surface area contributed by atoms with Crippen molar-refractivity contribution in [3.8, 4) is 0 Å². The Bertz CT molecular complexity index is 507. The lowest BCUT2D eigenvalue weighted by atomic mass is 10.1. The van der Waals surface area contributed by atoms with Gasteiger partial charge in [-0.05, 0) is 25.1 Å². The second kappa shape index (κ2) is 7.04. The number of methoxy groups -OCH3 is 2. The zero-order valence-electron chi connectivity index (χ0n) is 11.2. The summed E-state index contributed by atoms with van der Waals surface area (Å²) in [6.45, 7) is 1.65. The first-order chi connectivity index (χ1) is 9.38. The van der Waals surface area contributed by atoms with E-state index in [-0.39, 0.29) is 17.0 Å². The van der Waals surface area contributed by atoms with E-state index in [1.165, 1.54) is 32.4 Å². The molecule has 1 rings (SSSR count). The van der Waals surface area contributed by atoms with Crippen LogP contribution in [0, 0.1) is 0 Å². The molecule has 0 saturated carbocycles. The van der Waals surface area contributed by atoms with E-state index in [0.29, 0.717) is 5.69 Å². The number of amides is 1. The molecule has 0 aliphatic carbocycles. The lowest BCUT2D eigenvalue weighted by Gasteiger charge is -2.10. The van der Waals surface area contributed by atoms with Crippen molar-refractivity contribution in [3.05, 3.63) is 29.3 Å². The van der Waals surface area contributed by atoms with E-state index in [4.69, 9.17) is 0 Å². The number of hydrogen-bond acceptors (Lipinski definition) is 5. The van der Waals surface area contributed by atoms with E-state index in [2.05, 4.69) is 30.7 Å². The number of carbonyl (C=O) groups excluding carboxylic acids is 3. The number of nitrogens with one attached hydrogen (secondary N) is 1. The number of anilines is 1. The normalized spacial score (nSPS) is 11.4. The zero-order chi connectivity index (χ0) is 15.3. The van der Waals surface area contributed by atoms with Gasteiger partial charge in [-0.1, -0.05) is 15.9 Å². The van der Waals surface area contributed by atoms with Gasteiger partial charge in [-0.3, -0.25) is 4.79 Å². The van der Waals surface area contributed by atoms with Crippen molar-refractivity contribution >= 4 is 39.5 Å². The molecule has 0 spiro atoms. The fraction of sp³-hybridized carbons (Fsp3) is 0.308. The number of rotatable bonds is 4. The monoisotopic (exact) mass is 343 g/mol. The van der Waals surface area contributed by atoms with Crippen molar-refractivity contribution in [3.63, 3.8) is 0 Å². The topological polar surface area (TPSA) is 81.7 Å². The number of ether oxygens (including phenoxy) is 2. The quantitative estimate of drug-likeness (QED) is 0.667. The maximum Gasteiger partial charge on any atom is 0.337 e. The standard InChI is InChI=1S/C13H14BrNO5/c1-7(14)11(16)15-10-5-8(12(17)19-2)4-9(6-10)13(18)20-3/h4-7H,1-3H3,(H,15,16). The molecular weight excluding hydrogens is 330 g/mol. The number of halogens is 1. The SMILES string of the molecule is COC(=O)c1cc(NC(=O)C(C)Br)cc(C(=O)OC)c1. The van der Waals surface area contributed by atoms with Crippen LogP contribution in [0.15, 0.2) is 18.2 Å². The molecule has 0 fully saturated rings. The van der Waals surface area contributed by atoms with Crippen LogP contribution >= 0.6 is 15.9 Å². The summed E-state index contributed by atoms with van der Waals surface area (Å²) in [6.07, 6.45) is 0. The van der Waals surface area contributed by atoms with Gasteiger partial charge in [0, 0.05) is 5.69 Å². The van der Waals surface area contributed by atoms with Gasteiger partial charge in [0.25, 0.3) is 0 Å². The van der Waals surface area contributed by atoms with Crippen molar-refractivity contribution in [2.24, 2.45) is 0 Å². The van der Waals surface area contributed by atoms with Crippen molar-refractivity contribution < 1.29 is 23.9 Å². The Morgan fingerprint density at radius 3 is 1.85 bits per heavy atom. The Labute approximate surface area is 124 Å². The second-order valence-electron chi connectivity index (χ2n) is 3.89. The Balaban J connectivity index is 3.19. The predicted molar refractivity (Wildman–Crippen MR) is 76.1 cm³/mol. The number of hydrogen-bond donors (Lipinski definition) is 1. The van der Waals surface area contributed by atoms with Crippen LogP contribution in [0.4, 0.5) is 5.69 Å². The Morgan fingerprint density at radius 1 is 1.05 bits per heavy atom. The van der Waals surface area contributed by atoms with Crippen molar-refractivity contribution in [2.75, 3.05) is 19.5 Å². The summed E-state index contributed by atoms with van der Waals surface area (Å²) in [6, 6.07) is 4.18. The highest BCUT2D eigenvalue weighted by Gasteiger charge is 2.16. The summed E-state index contributed by atoms with van der Waals surface area (Å²) in [5.41, 5.74) is 0.602. The average Bonchev–Trinajstić information content (AvgIpc) is 2.44. The molecule has 0 aliphatic rings. The molecule has 108 valence electrons. The van der Waals surface area contributed by atoms with Crippen molar-refractivity contribution in [2.45, 2.75) is 11.8 Å². The number of benzene rings is 1. The molecule has 1 aromatic rings. The van der Waals surface area contributed by atoms with E-state index in [1.807, 2.05) is 0 Å². The molecule has 1 amide bonds. The highest BCUT2D eigenvalue weighted by atomic mass is 79.9. The summed E-state index contributed by atoms with van der Waals surface area (Å²) in [7, 11) is 2.46. The van der Waals surface area contributed by atoms with Gasteiger partial charge in [0.2, 0.25) is 5.91 Å². The summed E-state index contributed by atoms with van der Waals surface area (Å²) in [4.78, 5) is 34.3. The molecule has 0 radical (unpaired) electrons. The maximum atomic E-state index is 11.6. The van der Waals surface area contributed by atoms with E-state index in [9.17, 15) is 14.4 Å². The van der Waals surface area contributed by atoms with Gasteiger partial charge in [0.05, 0.1) is 30.2 Å². The molecule has 0 aliphatic heterocycles. The fourth-order valence-electron chi connectivity index (χ4n) is 1.41. The van der Waals surface area contributed by atoms with Crippen LogP contribution in [-0.4, -0.2) is 36.9 Å². The van der Waals surface area contributed by atoms with E-state index in [0.717, 1.165) is 0 Å². The first-order valence-electron chi connectivity index (χ1n) is 5.65. The van der Waals surface area contributed by atoms with Crippen molar-refractivity contribution in [1.82, 2.24) is 0 Å². The number of alkyl halides is 1. The molecule has 6 nitrogen and oxygen atoms in total. The molecule has 1 aromatic carbocycles. The Hall–Kier alpha value is -1.89. The van der Waals surface area contributed by atoms with Gasteiger partial charge in [0.15, 0.2) is 0 Å². The lowest BCUT2D eigenvalue weighted by Crippen LogP contribution is -2.20. The molecule has 1 atom stereocenters. The summed E-state index contributed by atoms with van der Waals surface area (Å²) >= 11 is 3.12. The summed E-state index contributed by atoms with van der Waals surface area (Å²) < 4.78 is 9.20. The van der Waals surface area contributed by atoms with Gasteiger partial charge >= 0.3 is 11.9 Å². The smallest absolute Gasteiger partial charge is 0.337 e. The minimum atomic E-state index is -0.613. The third-order valence-electron chi connectivity index (χ3n) is 2.40. The highest BCUT2D eigenvalue weighted by Crippen LogP contribution is 2.18. The third kappa shape index (κ3) is 4.06. The average molecular weight is 344 g/mol. The minimum Gasteiger partial charge on any atom is -0.465 e. The van der Waals surface area contributed by atoms with Crippen LogP contribution < -0.4 is 5.32 Å². The minimum absolute atomic E-state index is 0.146. The van der Waals surface area contributed by atoms with Gasteiger partial charge in [-0.15, -0.1) is 0 Å². The zero-order valence-corrected chi connectivity index (χ0v) is 12.8. The van der Waals surface area contributed by atoms with E-state index >= 15 is 0 Å². The predicted octanol–water partition coefficient (Wildman–Crippen LogP) is 1.98. The lowest BCUT2D eigenvalue weighted by molar-refractivity contribution is -0.115.